The van der Waals surface area contributed by atoms with Gasteiger partial charge >= 0.3 is 0 Å². The Bertz CT molecular complexity index is 915. The van der Waals surface area contributed by atoms with Crippen molar-refractivity contribution in [3.8, 4) is 0 Å². The van der Waals surface area contributed by atoms with Gasteiger partial charge in [0.25, 0.3) is 11.8 Å². The Kier molecular flexibility index (Phi) is 6.67. The first kappa shape index (κ1) is 22.6. The SMILES string of the molecule is CCN1C(=O)c2cc(C(=O)NCCC3=CCCCC3)nn2C[C@]1(C)C(=O)NC1CCCC1. The summed E-state index contributed by atoms with van der Waals surface area (Å²) in [6, 6.07) is 1.72. The lowest BCUT2D eigenvalue weighted by Crippen LogP contribution is -2.64. The fourth-order valence-corrected chi connectivity index (χ4v) is 5.22. The average Bonchev–Trinajstić information content (AvgIpc) is 3.44. The van der Waals surface area contributed by atoms with Crippen molar-refractivity contribution in [1.29, 1.82) is 0 Å². The van der Waals surface area contributed by atoms with E-state index in [4.69, 9.17) is 0 Å². The number of hydrogen-bond donors (Lipinski definition) is 2. The zero-order valence-electron chi connectivity index (χ0n) is 19.3. The van der Waals surface area contributed by atoms with Crippen molar-refractivity contribution in [2.75, 3.05) is 13.1 Å². The lowest BCUT2D eigenvalue weighted by Gasteiger charge is -2.43. The molecule has 2 heterocycles. The van der Waals surface area contributed by atoms with Crippen LogP contribution in [-0.2, 0) is 11.3 Å². The number of aromatic nitrogens is 2. The molecular weight excluding hydrogens is 406 g/mol. The van der Waals surface area contributed by atoms with Gasteiger partial charge in [0.05, 0.1) is 6.54 Å². The molecule has 0 saturated heterocycles. The molecule has 1 fully saturated rings. The maximum absolute atomic E-state index is 13.2. The summed E-state index contributed by atoms with van der Waals surface area (Å²) >= 11 is 0. The van der Waals surface area contributed by atoms with Crippen LogP contribution in [0.1, 0.15) is 92.6 Å². The second-order valence-electron chi connectivity index (χ2n) is 9.46. The van der Waals surface area contributed by atoms with Crippen LogP contribution in [0.4, 0.5) is 0 Å². The van der Waals surface area contributed by atoms with E-state index in [1.807, 2.05) is 6.92 Å². The predicted molar refractivity (Wildman–Crippen MR) is 121 cm³/mol. The number of carbonyl (C=O) groups excluding carboxylic acids is 3. The van der Waals surface area contributed by atoms with Crippen molar-refractivity contribution in [3.63, 3.8) is 0 Å². The van der Waals surface area contributed by atoms with Crippen LogP contribution in [-0.4, -0.2) is 57.1 Å². The molecule has 8 nitrogen and oxygen atoms in total. The summed E-state index contributed by atoms with van der Waals surface area (Å²) in [5.74, 6) is -0.689. The summed E-state index contributed by atoms with van der Waals surface area (Å²) in [5.41, 5.74) is 0.952. The van der Waals surface area contributed by atoms with E-state index in [0.717, 1.165) is 44.9 Å². The van der Waals surface area contributed by atoms with Crippen molar-refractivity contribution < 1.29 is 14.4 Å². The van der Waals surface area contributed by atoms with Crippen LogP contribution < -0.4 is 10.6 Å². The van der Waals surface area contributed by atoms with Crippen LogP contribution in [0.15, 0.2) is 17.7 Å². The molecule has 1 saturated carbocycles. The average molecular weight is 442 g/mol. The molecule has 1 aromatic heterocycles. The topological polar surface area (TPSA) is 96.3 Å². The molecule has 1 atom stereocenters. The van der Waals surface area contributed by atoms with Gasteiger partial charge in [-0.15, -0.1) is 0 Å². The number of fused-ring (bicyclic) bond motifs is 1. The van der Waals surface area contributed by atoms with E-state index >= 15 is 0 Å². The second kappa shape index (κ2) is 9.46. The maximum atomic E-state index is 13.2. The van der Waals surface area contributed by atoms with E-state index in [1.165, 1.54) is 23.1 Å². The van der Waals surface area contributed by atoms with Crippen molar-refractivity contribution in [2.24, 2.45) is 0 Å². The van der Waals surface area contributed by atoms with Gasteiger partial charge in [0, 0.05) is 25.2 Å². The minimum absolute atomic E-state index is 0.146. The number of nitrogens with one attached hydrogen (secondary N) is 2. The molecule has 0 unspecified atom stereocenters. The first-order valence-corrected chi connectivity index (χ1v) is 12.1. The number of hydrogen-bond acceptors (Lipinski definition) is 4. The summed E-state index contributed by atoms with van der Waals surface area (Å²) in [6.45, 7) is 4.87. The third kappa shape index (κ3) is 4.45. The molecule has 32 heavy (non-hydrogen) atoms. The molecule has 0 spiro atoms. The minimum Gasteiger partial charge on any atom is -0.351 e. The molecule has 0 radical (unpaired) electrons. The van der Waals surface area contributed by atoms with Crippen LogP contribution >= 0.6 is 0 Å². The van der Waals surface area contributed by atoms with E-state index in [2.05, 4.69) is 21.8 Å². The molecule has 174 valence electrons. The van der Waals surface area contributed by atoms with Gasteiger partial charge in [-0.1, -0.05) is 24.5 Å². The Hall–Kier alpha value is -2.64. The highest BCUT2D eigenvalue weighted by atomic mass is 16.2. The number of likely N-dealkylation sites (N-methyl/N-ethyl adjacent to an activating group) is 1. The summed E-state index contributed by atoms with van der Waals surface area (Å²) in [7, 11) is 0. The molecular formula is C24H35N5O3. The molecule has 0 bridgehead atoms. The van der Waals surface area contributed by atoms with Gasteiger partial charge in [0.1, 0.15) is 11.2 Å². The van der Waals surface area contributed by atoms with Crippen LogP contribution in [0.25, 0.3) is 0 Å². The largest absolute Gasteiger partial charge is 0.351 e. The molecule has 1 aromatic rings. The first-order chi connectivity index (χ1) is 15.4. The highest BCUT2D eigenvalue weighted by Gasteiger charge is 2.48. The molecule has 1 aliphatic heterocycles. The number of rotatable bonds is 7. The quantitative estimate of drug-likeness (QED) is 0.636. The van der Waals surface area contributed by atoms with E-state index in [0.29, 0.717) is 18.8 Å². The monoisotopic (exact) mass is 441 g/mol. The van der Waals surface area contributed by atoms with Gasteiger partial charge < -0.3 is 15.5 Å². The Labute approximate surface area is 189 Å². The molecule has 3 amide bonds. The van der Waals surface area contributed by atoms with E-state index in [9.17, 15) is 14.4 Å². The van der Waals surface area contributed by atoms with E-state index < -0.39 is 5.54 Å². The van der Waals surface area contributed by atoms with Crippen LogP contribution in [0, 0.1) is 0 Å². The zero-order valence-corrected chi connectivity index (χ0v) is 19.3. The van der Waals surface area contributed by atoms with Gasteiger partial charge in [0.15, 0.2) is 5.69 Å². The van der Waals surface area contributed by atoms with E-state index in [1.54, 1.807) is 17.9 Å². The maximum Gasteiger partial charge on any atom is 0.273 e. The molecule has 2 N–H and O–H groups in total. The lowest BCUT2D eigenvalue weighted by molar-refractivity contribution is -0.133. The summed E-state index contributed by atoms with van der Waals surface area (Å²) in [4.78, 5) is 40.7. The molecule has 3 aliphatic rings. The van der Waals surface area contributed by atoms with E-state index in [-0.39, 0.29) is 36.0 Å². The Morgan fingerprint density at radius 3 is 2.69 bits per heavy atom. The second-order valence-corrected chi connectivity index (χ2v) is 9.46. The van der Waals surface area contributed by atoms with Crippen LogP contribution in [0.5, 0.6) is 0 Å². The summed E-state index contributed by atoms with van der Waals surface area (Å²) in [6.07, 6.45) is 12.0. The fourth-order valence-electron chi connectivity index (χ4n) is 5.22. The minimum atomic E-state index is -1.03. The normalized spacial score (nSPS) is 23.6. The lowest BCUT2D eigenvalue weighted by atomic mass is 9.94. The summed E-state index contributed by atoms with van der Waals surface area (Å²) in [5, 5.41) is 10.5. The third-order valence-corrected chi connectivity index (χ3v) is 7.14. The number of amides is 3. The van der Waals surface area contributed by atoms with Crippen molar-refractivity contribution in [2.45, 2.75) is 89.8 Å². The number of allylic oxidation sites excluding steroid dienone is 1. The van der Waals surface area contributed by atoms with Crippen molar-refractivity contribution in [1.82, 2.24) is 25.3 Å². The highest BCUT2D eigenvalue weighted by Crippen LogP contribution is 2.28. The van der Waals surface area contributed by atoms with Gasteiger partial charge in [-0.3, -0.25) is 19.1 Å². The first-order valence-electron chi connectivity index (χ1n) is 12.1. The Morgan fingerprint density at radius 1 is 1.22 bits per heavy atom. The Balaban J connectivity index is 1.45. The van der Waals surface area contributed by atoms with Gasteiger partial charge in [-0.25, -0.2) is 0 Å². The highest BCUT2D eigenvalue weighted by molar-refractivity contribution is 6.01. The standard InChI is InChI=1S/C24H35N5O3/c1-3-28-22(31)20-15-19(21(30)25-14-13-17-9-5-4-6-10-17)27-29(20)16-24(28,2)23(32)26-18-11-7-8-12-18/h9,15,18H,3-8,10-14,16H2,1-2H3,(H,25,30)(H,26,32)/t24-/m1/s1. The Morgan fingerprint density at radius 2 is 2.00 bits per heavy atom. The fraction of sp³-hybridized carbons (Fsp3) is 0.667. The number of nitrogens with zero attached hydrogens (tertiary/aromatic N) is 3. The van der Waals surface area contributed by atoms with Crippen molar-refractivity contribution >= 4 is 17.7 Å². The third-order valence-electron chi connectivity index (χ3n) is 7.14. The molecule has 4 rings (SSSR count). The zero-order chi connectivity index (χ0) is 22.7. The van der Waals surface area contributed by atoms with Crippen molar-refractivity contribution in [3.05, 3.63) is 29.1 Å². The van der Waals surface area contributed by atoms with Crippen LogP contribution in [0.2, 0.25) is 0 Å². The number of carbonyl (C=O) groups is 3. The van der Waals surface area contributed by atoms with Gasteiger partial charge in [-0.05, 0) is 58.8 Å². The molecule has 2 aliphatic carbocycles. The van der Waals surface area contributed by atoms with Gasteiger partial charge in [-0.2, -0.15) is 5.10 Å². The molecule has 8 heteroatoms. The van der Waals surface area contributed by atoms with Gasteiger partial charge in [0.2, 0.25) is 5.91 Å². The smallest absolute Gasteiger partial charge is 0.273 e. The van der Waals surface area contributed by atoms with Crippen LogP contribution in [0.3, 0.4) is 0 Å². The predicted octanol–water partition coefficient (Wildman–Crippen LogP) is 2.80. The summed E-state index contributed by atoms with van der Waals surface area (Å²) < 4.78 is 1.53. The molecule has 0 aromatic carbocycles.